The van der Waals surface area contributed by atoms with Gasteiger partial charge in [0.2, 0.25) is 0 Å². The van der Waals surface area contributed by atoms with Crippen LogP contribution >= 0.6 is 35.2 Å². The Morgan fingerprint density at radius 3 is 2.45 bits per heavy atom. The van der Waals surface area contributed by atoms with Gasteiger partial charge in [-0.25, -0.2) is 4.98 Å². The van der Waals surface area contributed by atoms with Gasteiger partial charge in [0.05, 0.1) is 10.2 Å². The number of fused-ring (bicyclic) bond motifs is 1. The fourth-order valence-electron chi connectivity index (χ4n) is 2.76. The van der Waals surface area contributed by atoms with E-state index in [0.29, 0.717) is 17.1 Å². The molecule has 3 aromatic carbocycles. The van der Waals surface area contributed by atoms with Crippen LogP contribution in [0.2, 0.25) is 5.02 Å². The summed E-state index contributed by atoms with van der Waals surface area (Å²) in [6.07, 6.45) is 0. The van der Waals surface area contributed by atoms with Gasteiger partial charge in [0.1, 0.15) is 5.01 Å². The highest BCUT2D eigenvalue weighted by molar-refractivity contribution is 7.80. The predicted molar refractivity (Wildman–Crippen MR) is 123 cm³/mol. The minimum Gasteiger partial charge on any atom is -0.358 e. The first kappa shape index (κ1) is 19.5. The molecule has 7 heteroatoms. The van der Waals surface area contributed by atoms with Crippen LogP contribution in [0.5, 0.6) is 0 Å². The van der Waals surface area contributed by atoms with Gasteiger partial charge in [0, 0.05) is 22.7 Å². The molecule has 0 unspecified atom stereocenters. The molecule has 0 radical (unpaired) electrons. The third kappa shape index (κ3) is 4.79. The van der Waals surface area contributed by atoms with Crippen LogP contribution in [0.1, 0.15) is 15.9 Å². The topological polar surface area (TPSA) is 54.0 Å². The molecule has 0 aliphatic heterocycles. The van der Waals surface area contributed by atoms with Gasteiger partial charge in [-0.2, -0.15) is 0 Å². The summed E-state index contributed by atoms with van der Waals surface area (Å²) >= 11 is 12.7. The van der Waals surface area contributed by atoms with Gasteiger partial charge in [0.15, 0.2) is 5.11 Å². The lowest BCUT2D eigenvalue weighted by molar-refractivity contribution is 0.0976. The third-order valence-electron chi connectivity index (χ3n) is 4.28. The van der Waals surface area contributed by atoms with Gasteiger partial charge in [0.25, 0.3) is 5.91 Å². The number of para-hydroxylation sites is 1. The van der Waals surface area contributed by atoms with E-state index in [1.807, 2.05) is 42.5 Å². The van der Waals surface area contributed by atoms with E-state index in [1.54, 1.807) is 35.6 Å². The van der Waals surface area contributed by atoms with Crippen LogP contribution in [-0.2, 0) is 6.54 Å². The lowest BCUT2D eigenvalue weighted by Gasteiger charge is -2.10. The molecule has 144 valence electrons. The van der Waals surface area contributed by atoms with Crippen molar-refractivity contribution in [3.05, 3.63) is 88.9 Å². The SMILES string of the molecule is O=C(NC(=S)NCc1ccc(-c2nc3ccccc3s2)cc1)c1ccc(Cl)cc1. The van der Waals surface area contributed by atoms with E-state index in [4.69, 9.17) is 23.8 Å². The van der Waals surface area contributed by atoms with E-state index >= 15 is 0 Å². The Kier molecular flexibility index (Phi) is 5.85. The van der Waals surface area contributed by atoms with Crippen LogP contribution in [-0.4, -0.2) is 16.0 Å². The van der Waals surface area contributed by atoms with Crippen LogP contribution in [0.4, 0.5) is 0 Å². The van der Waals surface area contributed by atoms with E-state index in [9.17, 15) is 4.79 Å². The highest BCUT2D eigenvalue weighted by Crippen LogP contribution is 2.29. The molecular formula is C22H16ClN3OS2. The molecule has 1 aromatic heterocycles. The van der Waals surface area contributed by atoms with Crippen LogP contribution < -0.4 is 10.6 Å². The lowest BCUT2D eigenvalue weighted by atomic mass is 10.1. The molecule has 4 rings (SSSR count). The third-order valence-corrected chi connectivity index (χ3v) is 5.87. The second kappa shape index (κ2) is 8.69. The van der Waals surface area contributed by atoms with E-state index in [0.717, 1.165) is 21.7 Å². The van der Waals surface area contributed by atoms with Crippen molar-refractivity contribution < 1.29 is 4.79 Å². The molecule has 0 saturated carbocycles. The maximum Gasteiger partial charge on any atom is 0.257 e. The van der Waals surface area contributed by atoms with Crippen molar-refractivity contribution in [2.45, 2.75) is 6.54 Å². The Balaban J connectivity index is 1.34. The Hall–Kier alpha value is -2.80. The summed E-state index contributed by atoms with van der Waals surface area (Å²) in [5, 5.41) is 7.57. The van der Waals surface area contributed by atoms with Crippen LogP contribution in [0.3, 0.4) is 0 Å². The van der Waals surface area contributed by atoms with Crippen LogP contribution in [0, 0.1) is 0 Å². The molecule has 0 aliphatic carbocycles. The molecule has 1 heterocycles. The Bertz CT molecular complexity index is 1140. The fourth-order valence-corrected chi connectivity index (χ4v) is 4.03. The molecular weight excluding hydrogens is 422 g/mol. The number of carbonyl (C=O) groups is 1. The number of carbonyl (C=O) groups excluding carboxylic acids is 1. The second-order valence-electron chi connectivity index (χ2n) is 6.33. The summed E-state index contributed by atoms with van der Waals surface area (Å²) in [5.74, 6) is -0.273. The van der Waals surface area contributed by atoms with Gasteiger partial charge < -0.3 is 5.32 Å². The number of hydrogen-bond donors (Lipinski definition) is 2. The van der Waals surface area contributed by atoms with Crippen molar-refractivity contribution in [1.29, 1.82) is 0 Å². The Morgan fingerprint density at radius 1 is 1.00 bits per heavy atom. The number of thiazole rings is 1. The van der Waals surface area contributed by atoms with E-state index in [2.05, 4.69) is 21.7 Å². The minimum absolute atomic E-state index is 0.273. The molecule has 4 aromatic rings. The quantitative estimate of drug-likeness (QED) is 0.418. The zero-order chi connectivity index (χ0) is 20.2. The van der Waals surface area contributed by atoms with E-state index in [1.165, 1.54) is 4.70 Å². The Labute approximate surface area is 182 Å². The van der Waals surface area contributed by atoms with Crippen molar-refractivity contribution >= 4 is 56.4 Å². The van der Waals surface area contributed by atoms with Crippen molar-refractivity contribution in [2.24, 2.45) is 0 Å². The highest BCUT2D eigenvalue weighted by atomic mass is 35.5. The normalized spacial score (nSPS) is 10.7. The van der Waals surface area contributed by atoms with E-state index < -0.39 is 0 Å². The highest BCUT2D eigenvalue weighted by Gasteiger charge is 2.08. The largest absolute Gasteiger partial charge is 0.358 e. The summed E-state index contributed by atoms with van der Waals surface area (Å²) in [5.41, 5.74) is 3.64. The molecule has 0 saturated heterocycles. The van der Waals surface area contributed by atoms with Crippen molar-refractivity contribution in [1.82, 2.24) is 15.6 Å². The standard InChI is InChI=1S/C22H16ClN3OS2/c23-17-11-9-15(10-12-17)20(27)26-22(28)24-13-14-5-7-16(8-6-14)21-25-18-3-1-2-4-19(18)29-21/h1-12H,13H2,(H2,24,26,27,28). The zero-order valence-corrected chi connectivity index (χ0v) is 17.6. The molecule has 0 fully saturated rings. The minimum atomic E-state index is -0.273. The molecule has 2 N–H and O–H groups in total. The average molecular weight is 438 g/mol. The molecule has 0 atom stereocenters. The van der Waals surface area contributed by atoms with Crippen molar-refractivity contribution in [3.8, 4) is 10.6 Å². The summed E-state index contributed by atoms with van der Waals surface area (Å²) in [4.78, 5) is 16.8. The maximum absolute atomic E-state index is 12.2. The number of aromatic nitrogens is 1. The number of thiocarbonyl (C=S) groups is 1. The van der Waals surface area contributed by atoms with Gasteiger partial charge >= 0.3 is 0 Å². The molecule has 0 bridgehead atoms. The number of nitrogens with zero attached hydrogens (tertiary/aromatic N) is 1. The predicted octanol–water partition coefficient (Wildman–Crippen LogP) is 5.42. The van der Waals surface area contributed by atoms with Gasteiger partial charge in [-0.05, 0) is 54.2 Å². The molecule has 4 nitrogen and oxygen atoms in total. The lowest BCUT2D eigenvalue weighted by Crippen LogP contribution is -2.38. The molecule has 29 heavy (non-hydrogen) atoms. The van der Waals surface area contributed by atoms with Gasteiger partial charge in [-0.1, -0.05) is 48.0 Å². The summed E-state index contributed by atoms with van der Waals surface area (Å²) in [7, 11) is 0. The number of halogens is 1. The molecule has 0 spiro atoms. The van der Waals surface area contributed by atoms with Crippen LogP contribution in [0.25, 0.3) is 20.8 Å². The first-order chi connectivity index (χ1) is 14.1. The maximum atomic E-state index is 12.2. The zero-order valence-electron chi connectivity index (χ0n) is 15.2. The Morgan fingerprint density at radius 2 is 1.72 bits per heavy atom. The fraction of sp³-hybridized carbons (Fsp3) is 0.0455. The van der Waals surface area contributed by atoms with Gasteiger partial charge in [-0.15, -0.1) is 11.3 Å². The summed E-state index contributed by atoms with van der Waals surface area (Å²) in [6.45, 7) is 0.514. The van der Waals surface area contributed by atoms with Crippen molar-refractivity contribution in [3.63, 3.8) is 0 Å². The van der Waals surface area contributed by atoms with Crippen molar-refractivity contribution in [2.75, 3.05) is 0 Å². The first-order valence-electron chi connectivity index (χ1n) is 8.88. The number of nitrogens with one attached hydrogen (secondary N) is 2. The van der Waals surface area contributed by atoms with Crippen LogP contribution in [0.15, 0.2) is 72.8 Å². The number of rotatable bonds is 4. The average Bonchev–Trinajstić information content (AvgIpc) is 3.17. The second-order valence-corrected chi connectivity index (χ2v) is 8.20. The number of benzene rings is 3. The smallest absolute Gasteiger partial charge is 0.257 e. The van der Waals surface area contributed by atoms with Gasteiger partial charge in [-0.3, -0.25) is 10.1 Å². The summed E-state index contributed by atoms with van der Waals surface area (Å²) < 4.78 is 1.18. The number of hydrogen-bond acceptors (Lipinski definition) is 4. The monoisotopic (exact) mass is 437 g/mol. The molecule has 1 amide bonds. The first-order valence-corrected chi connectivity index (χ1v) is 10.5. The summed E-state index contributed by atoms with van der Waals surface area (Å²) in [6, 6.07) is 22.9. The number of amides is 1. The van der Waals surface area contributed by atoms with E-state index in [-0.39, 0.29) is 11.0 Å². The molecule has 0 aliphatic rings.